The molecule has 1 atom stereocenters. The van der Waals surface area contributed by atoms with Gasteiger partial charge >= 0.3 is 5.97 Å². The highest BCUT2D eigenvalue weighted by atomic mass is 35.5. The van der Waals surface area contributed by atoms with Gasteiger partial charge in [0.05, 0.1) is 23.4 Å². The average molecular weight is 376 g/mol. The van der Waals surface area contributed by atoms with Crippen LogP contribution in [-0.2, 0) is 9.53 Å². The number of methoxy groups -OCH3 is 1. The van der Waals surface area contributed by atoms with E-state index in [1.54, 1.807) is 0 Å². The van der Waals surface area contributed by atoms with E-state index in [-0.39, 0.29) is 12.5 Å². The van der Waals surface area contributed by atoms with E-state index in [4.69, 9.17) is 16.3 Å². The first kappa shape index (κ1) is 19.8. The highest BCUT2D eigenvalue weighted by Gasteiger charge is 2.14. The smallest absolute Gasteiger partial charge is 0.337 e. The highest BCUT2D eigenvalue weighted by Crippen LogP contribution is 2.28. The zero-order valence-corrected chi connectivity index (χ0v) is 15.8. The Labute approximate surface area is 158 Å². The van der Waals surface area contributed by atoms with Crippen molar-refractivity contribution in [3.05, 3.63) is 58.6 Å². The second-order valence-electron chi connectivity index (χ2n) is 5.87. The summed E-state index contributed by atoms with van der Waals surface area (Å²) < 4.78 is 10.4. The summed E-state index contributed by atoms with van der Waals surface area (Å²) in [5.41, 5.74) is 1.70. The van der Waals surface area contributed by atoms with Crippen LogP contribution >= 0.6 is 11.6 Å². The van der Waals surface area contributed by atoms with E-state index in [0.29, 0.717) is 27.9 Å². The molecule has 5 nitrogen and oxygen atoms in total. The molecule has 0 aliphatic heterocycles. The molecular weight excluding hydrogens is 354 g/mol. The quantitative estimate of drug-likeness (QED) is 0.715. The topological polar surface area (TPSA) is 64.6 Å². The molecule has 0 bridgehead atoms. The molecule has 138 valence electrons. The Bertz CT molecular complexity index is 791. The maximum absolute atomic E-state index is 12.2. The van der Waals surface area contributed by atoms with Crippen LogP contribution in [-0.4, -0.2) is 25.6 Å². The van der Waals surface area contributed by atoms with Crippen molar-refractivity contribution in [3.63, 3.8) is 0 Å². The number of carbonyl (C=O) groups is 2. The van der Waals surface area contributed by atoms with Crippen molar-refractivity contribution in [1.29, 1.82) is 0 Å². The van der Waals surface area contributed by atoms with Gasteiger partial charge in [-0.3, -0.25) is 4.79 Å². The van der Waals surface area contributed by atoms with Crippen molar-refractivity contribution in [2.75, 3.05) is 19.0 Å². The molecule has 0 saturated heterocycles. The number of nitrogens with one attached hydrogen (secondary N) is 1. The summed E-state index contributed by atoms with van der Waals surface area (Å²) in [7, 11) is 1.29. The first-order valence-electron chi connectivity index (χ1n) is 8.35. The van der Waals surface area contributed by atoms with Crippen molar-refractivity contribution in [3.8, 4) is 5.75 Å². The monoisotopic (exact) mass is 375 g/mol. The zero-order chi connectivity index (χ0) is 19.1. The molecule has 0 fully saturated rings. The predicted molar refractivity (Wildman–Crippen MR) is 102 cm³/mol. The van der Waals surface area contributed by atoms with Crippen LogP contribution in [0.4, 0.5) is 5.69 Å². The van der Waals surface area contributed by atoms with Gasteiger partial charge in [0.1, 0.15) is 5.75 Å². The number of rotatable bonds is 7. The van der Waals surface area contributed by atoms with Crippen LogP contribution in [0.15, 0.2) is 42.5 Å². The molecule has 0 heterocycles. The van der Waals surface area contributed by atoms with Crippen molar-refractivity contribution in [1.82, 2.24) is 0 Å². The minimum Gasteiger partial charge on any atom is -0.483 e. The molecule has 1 unspecified atom stereocenters. The number of hydrogen-bond acceptors (Lipinski definition) is 4. The molecule has 2 aromatic rings. The van der Waals surface area contributed by atoms with E-state index in [1.165, 1.54) is 25.3 Å². The second-order valence-corrected chi connectivity index (χ2v) is 6.28. The van der Waals surface area contributed by atoms with Crippen LogP contribution in [0.3, 0.4) is 0 Å². The summed E-state index contributed by atoms with van der Waals surface area (Å²) in [6.45, 7) is 4.05. The van der Waals surface area contributed by atoms with Gasteiger partial charge in [0.2, 0.25) is 0 Å². The minimum absolute atomic E-state index is 0.160. The number of ether oxygens (including phenoxy) is 2. The van der Waals surface area contributed by atoms with Gasteiger partial charge in [-0.05, 0) is 42.2 Å². The van der Waals surface area contributed by atoms with Gasteiger partial charge in [-0.25, -0.2) is 4.79 Å². The molecule has 0 aliphatic rings. The van der Waals surface area contributed by atoms with E-state index >= 15 is 0 Å². The lowest BCUT2D eigenvalue weighted by Gasteiger charge is -2.15. The SMILES string of the molecule is CCC(C)c1ccccc1OCC(=O)Nc1cc(C(=O)OC)ccc1Cl. The lowest BCUT2D eigenvalue weighted by atomic mass is 9.98. The molecule has 6 heteroatoms. The van der Waals surface area contributed by atoms with Crippen LogP contribution in [0, 0.1) is 0 Å². The number of para-hydroxylation sites is 1. The molecule has 26 heavy (non-hydrogen) atoms. The Morgan fingerprint density at radius 1 is 1.19 bits per heavy atom. The zero-order valence-electron chi connectivity index (χ0n) is 15.0. The third-order valence-corrected chi connectivity index (χ3v) is 4.41. The van der Waals surface area contributed by atoms with Gasteiger partial charge in [0.25, 0.3) is 5.91 Å². The summed E-state index contributed by atoms with van der Waals surface area (Å²) in [5, 5.41) is 2.98. The van der Waals surface area contributed by atoms with Gasteiger partial charge in [0, 0.05) is 0 Å². The van der Waals surface area contributed by atoms with Gasteiger partial charge < -0.3 is 14.8 Å². The molecular formula is C20H22ClNO4. The Balaban J connectivity index is 2.05. The van der Waals surface area contributed by atoms with Crippen LogP contribution in [0.5, 0.6) is 5.75 Å². The van der Waals surface area contributed by atoms with Gasteiger partial charge in [-0.1, -0.05) is 43.6 Å². The fraction of sp³-hybridized carbons (Fsp3) is 0.300. The third kappa shape index (κ3) is 4.99. The largest absolute Gasteiger partial charge is 0.483 e. The number of amides is 1. The Kier molecular flexibility index (Phi) is 7.04. The first-order chi connectivity index (χ1) is 12.5. The van der Waals surface area contributed by atoms with Crippen molar-refractivity contribution in [2.24, 2.45) is 0 Å². The normalized spacial score (nSPS) is 11.5. The maximum atomic E-state index is 12.2. The molecule has 2 rings (SSSR count). The molecule has 0 radical (unpaired) electrons. The number of esters is 1. The van der Waals surface area contributed by atoms with Crippen LogP contribution in [0.25, 0.3) is 0 Å². The van der Waals surface area contributed by atoms with E-state index in [1.807, 2.05) is 24.3 Å². The maximum Gasteiger partial charge on any atom is 0.337 e. The highest BCUT2D eigenvalue weighted by molar-refractivity contribution is 6.33. The molecule has 0 saturated carbocycles. The average Bonchev–Trinajstić information content (AvgIpc) is 2.67. The first-order valence-corrected chi connectivity index (χ1v) is 8.73. The molecule has 2 aromatic carbocycles. The number of anilines is 1. The second kappa shape index (κ2) is 9.25. The Morgan fingerprint density at radius 3 is 2.62 bits per heavy atom. The summed E-state index contributed by atoms with van der Waals surface area (Å²) >= 11 is 6.08. The summed E-state index contributed by atoms with van der Waals surface area (Å²) in [6, 6.07) is 12.2. The van der Waals surface area contributed by atoms with Gasteiger partial charge in [-0.2, -0.15) is 0 Å². The number of halogens is 1. The van der Waals surface area contributed by atoms with Crippen molar-refractivity contribution in [2.45, 2.75) is 26.2 Å². The fourth-order valence-electron chi connectivity index (χ4n) is 2.43. The molecule has 0 aromatic heterocycles. The van der Waals surface area contributed by atoms with Gasteiger partial charge in [0.15, 0.2) is 6.61 Å². The summed E-state index contributed by atoms with van der Waals surface area (Å²) in [4.78, 5) is 23.8. The minimum atomic E-state index is -0.504. The molecule has 0 aliphatic carbocycles. The Morgan fingerprint density at radius 2 is 1.92 bits per heavy atom. The van der Waals surface area contributed by atoms with Crippen LogP contribution < -0.4 is 10.1 Å². The van der Waals surface area contributed by atoms with Crippen LogP contribution in [0.2, 0.25) is 5.02 Å². The van der Waals surface area contributed by atoms with E-state index < -0.39 is 5.97 Å². The molecule has 1 N–H and O–H groups in total. The number of benzene rings is 2. The summed E-state index contributed by atoms with van der Waals surface area (Å²) in [5.74, 6) is 0.149. The van der Waals surface area contributed by atoms with Crippen molar-refractivity contribution < 1.29 is 19.1 Å². The lowest BCUT2D eigenvalue weighted by Crippen LogP contribution is -2.21. The fourth-order valence-corrected chi connectivity index (χ4v) is 2.60. The van der Waals surface area contributed by atoms with Crippen LogP contribution in [0.1, 0.15) is 42.1 Å². The standard InChI is InChI=1S/C20H22ClNO4/c1-4-13(2)15-7-5-6-8-18(15)26-12-19(23)22-17-11-14(20(24)25-3)9-10-16(17)21/h5-11,13H,4,12H2,1-3H3,(H,22,23). The lowest BCUT2D eigenvalue weighted by molar-refractivity contribution is -0.118. The molecule has 1 amide bonds. The predicted octanol–water partition coefficient (Wildman–Crippen LogP) is 4.66. The van der Waals surface area contributed by atoms with Crippen molar-refractivity contribution >= 4 is 29.2 Å². The summed E-state index contributed by atoms with van der Waals surface area (Å²) in [6.07, 6.45) is 0.975. The number of carbonyl (C=O) groups excluding carboxylic acids is 2. The van der Waals surface area contributed by atoms with E-state index in [9.17, 15) is 9.59 Å². The molecule has 0 spiro atoms. The number of hydrogen-bond donors (Lipinski definition) is 1. The van der Waals surface area contributed by atoms with Gasteiger partial charge in [-0.15, -0.1) is 0 Å². The van der Waals surface area contributed by atoms with E-state index in [0.717, 1.165) is 12.0 Å². The van der Waals surface area contributed by atoms with E-state index in [2.05, 4.69) is 23.9 Å². The Hall–Kier alpha value is -2.53. The third-order valence-electron chi connectivity index (χ3n) is 4.08.